The minimum Gasteiger partial charge on any atom is -0.370 e. The Labute approximate surface area is 127 Å². The van der Waals surface area contributed by atoms with E-state index in [4.69, 9.17) is 5.73 Å². The molecular weight excluding hydrogens is 283 g/mol. The van der Waals surface area contributed by atoms with E-state index in [1.54, 1.807) is 0 Å². The summed E-state index contributed by atoms with van der Waals surface area (Å²) in [5.74, 6) is 0.339. The van der Waals surface area contributed by atoms with E-state index in [2.05, 4.69) is 29.2 Å². The Kier molecular flexibility index (Phi) is 8.81. The highest BCUT2D eigenvalue weighted by atomic mass is 35.5. The van der Waals surface area contributed by atoms with Crippen molar-refractivity contribution in [3.05, 3.63) is 35.9 Å². The maximum atomic E-state index is 10.8. The predicted octanol–water partition coefficient (Wildman–Crippen LogP) is 2.62. The monoisotopic (exact) mass is 304 g/mol. The van der Waals surface area contributed by atoms with E-state index in [1.165, 1.54) is 5.56 Å². The van der Waals surface area contributed by atoms with E-state index in [0.717, 1.165) is 32.5 Å². The second kappa shape index (κ2) is 9.18. The number of amides is 1. The smallest absolute Gasteiger partial charge is 0.217 e. The summed E-state index contributed by atoms with van der Waals surface area (Å²) < 4.78 is 0. The Balaban J connectivity index is 0.00000162. The van der Waals surface area contributed by atoms with Crippen molar-refractivity contribution in [2.45, 2.75) is 25.8 Å². The van der Waals surface area contributed by atoms with Crippen LogP contribution in [0.3, 0.4) is 0 Å². The van der Waals surface area contributed by atoms with Crippen molar-refractivity contribution in [2.75, 3.05) is 13.1 Å². The van der Waals surface area contributed by atoms with E-state index in [1.807, 2.05) is 6.07 Å². The molecule has 1 aliphatic rings. The number of halogens is 2. The number of nitrogens with two attached hydrogens (primary N) is 1. The second-order valence-electron chi connectivity index (χ2n) is 4.88. The third kappa shape index (κ3) is 6.28. The quantitative estimate of drug-likeness (QED) is 0.929. The third-order valence-electron chi connectivity index (χ3n) is 3.45. The zero-order valence-electron chi connectivity index (χ0n) is 11.0. The van der Waals surface area contributed by atoms with Gasteiger partial charge in [0.05, 0.1) is 0 Å². The van der Waals surface area contributed by atoms with Gasteiger partial charge < -0.3 is 5.73 Å². The first-order valence-corrected chi connectivity index (χ1v) is 6.28. The van der Waals surface area contributed by atoms with Gasteiger partial charge in [-0.2, -0.15) is 0 Å². The van der Waals surface area contributed by atoms with Crippen molar-refractivity contribution in [3.63, 3.8) is 0 Å². The molecule has 0 spiro atoms. The fourth-order valence-electron chi connectivity index (χ4n) is 2.47. The van der Waals surface area contributed by atoms with Gasteiger partial charge in [0.1, 0.15) is 0 Å². The van der Waals surface area contributed by atoms with Gasteiger partial charge in [0.15, 0.2) is 0 Å². The molecule has 1 fully saturated rings. The first kappa shape index (κ1) is 18.2. The maximum Gasteiger partial charge on any atom is 0.217 e. The van der Waals surface area contributed by atoms with Crippen LogP contribution in [0.5, 0.6) is 0 Å². The van der Waals surface area contributed by atoms with Gasteiger partial charge in [-0.1, -0.05) is 30.3 Å². The molecule has 2 rings (SSSR count). The molecule has 1 amide bonds. The molecule has 0 radical (unpaired) electrons. The molecule has 0 atom stereocenters. The molecule has 0 aliphatic carbocycles. The number of primary amides is 1. The predicted molar refractivity (Wildman–Crippen MR) is 82.8 cm³/mol. The Bertz CT molecular complexity index is 365. The van der Waals surface area contributed by atoms with Gasteiger partial charge in [0, 0.05) is 13.0 Å². The van der Waals surface area contributed by atoms with E-state index in [-0.39, 0.29) is 30.7 Å². The lowest BCUT2D eigenvalue weighted by Gasteiger charge is -2.31. The van der Waals surface area contributed by atoms with Gasteiger partial charge in [-0.15, -0.1) is 24.8 Å². The Morgan fingerprint density at radius 2 is 1.74 bits per heavy atom. The molecular formula is C14H22Cl2N2O. The summed E-state index contributed by atoms with van der Waals surface area (Å²) in [7, 11) is 0. The zero-order chi connectivity index (χ0) is 12.1. The highest BCUT2D eigenvalue weighted by Crippen LogP contribution is 2.21. The van der Waals surface area contributed by atoms with Gasteiger partial charge in [0.25, 0.3) is 0 Å². The maximum absolute atomic E-state index is 10.8. The Morgan fingerprint density at radius 1 is 1.16 bits per heavy atom. The van der Waals surface area contributed by atoms with Crippen molar-refractivity contribution >= 4 is 30.7 Å². The van der Waals surface area contributed by atoms with Crippen molar-refractivity contribution in [1.82, 2.24) is 4.90 Å². The molecule has 0 bridgehead atoms. The highest BCUT2D eigenvalue weighted by Gasteiger charge is 2.20. The van der Waals surface area contributed by atoms with E-state index < -0.39 is 0 Å². The number of hydrogen-bond donors (Lipinski definition) is 1. The van der Waals surface area contributed by atoms with Crippen LogP contribution in [-0.2, 0) is 11.3 Å². The summed E-state index contributed by atoms with van der Waals surface area (Å²) in [6, 6.07) is 10.5. The van der Waals surface area contributed by atoms with Crippen LogP contribution in [0.4, 0.5) is 0 Å². The number of nitrogens with zero attached hydrogens (tertiary/aromatic N) is 1. The fourth-order valence-corrected chi connectivity index (χ4v) is 2.47. The summed E-state index contributed by atoms with van der Waals surface area (Å²) in [6.45, 7) is 3.17. The van der Waals surface area contributed by atoms with Gasteiger partial charge in [-0.05, 0) is 37.4 Å². The second-order valence-corrected chi connectivity index (χ2v) is 4.88. The lowest BCUT2D eigenvalue weighted by Crippen LogP contribution is -2.34. The first-order chi connectivity index (χ1) is 8.24. The molecule has 0 unspecified atom stereocenters. The number of rotatable bonds is 4. The van der Waals surface area contributed by atoms with Crippen LogP contribution < -0.4 is 5.73 Å². The van der Waals surface area contributed by atoms with Crippen LogP contribution in [0.15, 0.2) is 30.3 Å². The summed E-state index contributed by atoms with van der Waals surface area (Å²) in [5.41, 5.74) is 6.59. The van der Waals surface area contributed by atoms with E-state index in [0.29, 0.717) is 12.3 Å². The molecule has 1 aromatic carbocycles. The number of carbonyl (C=O) groups excluding carboxylic acids is 1. The van der Waals surface area contributed by atoms with Crippen LogP contribution in [0.2, 0.25) is 0 Å². The standard InChI is InChI=1S/C14H20N2O.2ClH/c15-14(17)10-12-6-8-16(9-7-12)11-13-4-2-1-3-5-13;;/h1-5,12H,6-11H2,(H2,15,17);2*1H. The lowest BCUT2D eigenvalue weighted by molar-refractivity contribution is -0.119. The SMILES string of the molecule is Cl.Cl.NC(=O)CC1CCN(Cc2ccccc2)CC1. The largest absolute Gasteiger partial charge is 0.370 e. The molecule has 1 saturated heterocycles. The molecule has 0 aromatic heterocycles. The molecule has 1 aliphatic heterocycles. The van der Waals surface area contributed by atoms with Gasteiger partial charge >= 0.3 is 0 Å². The van der Waals surface area contributed by atoms with Crippen molar-refractivity contribution < 1.29 is 4.79 Å². The van der Waals surface area contributed by atoms with Gasteiger partial charge in [-0.25, -0.2) is 0 Å². The molecule has 108 valence electrons. The normalized spacial score (nSPS) is 16.2. The van der Waals surface area contributed by atoms with Crippen molar-refractivity contribution in [3.8, 4) is 0 Å². The van der Waals surface area contributed by atoms with Crippen molar-refractivity contribution in [1.29, 1.82) is 0 Å². The van der Waals surface area contributed by atoms with Crippen LogP contribution in [-0.4, -0.2) is 23.9 Å². The number of likely N-dealkylation sites (tertiary alicyclic amines) is 1. The van der Waals surface area contributed by atoms with Crippen LogP contribution in [0.25, 0.3) is 0 Å². The number of carbonyl (C=O) groups is 1. The van der Waals surface area contributed by atoms with Crippen LogP contribution >= 0.6 is 24.8 Å². The van der Waals surface area contributed by atoms with Crippen LogP contribution in [0, 0.1) is 5.92 Å². The van der Waals surface area contributed by atoms with Crippen LogP contribution in [0.1, 0.15) is 24.8 Å². The van der Waals surface area contributed by atoms with Crippen molar-refractivity contribution in [2.24, 2.45) is 11.7 Å². The molecule has 1 aromatic rings. The highest BCUT2D eigenvalue weighted by molar-refractivity contribution is 5.85. The number of hydrogen-bond acceptors (Lipinski definition) is 2. The minimum atomic E-state index is -0.161. The molecule has 2 N–H and O–H groups in total. The first-order valence-electron chi connectivity index (χ1n) is 6.28. The third-order valence-corrected chi connectivity index (χ3v) is 3.45. The fraction of sp³-hybridized carbons (Fsp3) is 0.500. The molecule has 0 saturated carbocycles. The van der Waals surface area contributed by atoms with E-state index >= 15 is 0 Å². The van der Waals surface area contributed by atoms with Gasteiger partial charge in [-0.3, -0.25) is 9.69 Å². The Hall–Kier alpha value is -0.770. The zero-order valence-corrected chi connectivity index (χ0v) is 12.6. The lowest BCUT2D eigenvalue weighted by atomic mass is 9.93. The summed E-state index contributed by atoms with van der Waals surface area (Å²) in [6.07, 6.45) is 2.74. The average molecular weight is 305 g/mol. The summed E-state index contributed by atoms with van der Waals surface area (Å²) in [5, 5.41) is 0. The topological polar surface area (TPSA) is 46.3 Å². The Morgan fingerprint density at radius 3 is 2.26 bits per heavy atom. The molecule has 3 nitrogen and oxygen atoms in total. The van der Waals surface area contributed by atoms with Gasteiger partial charge in [0.2, 0.25) is 5.91 Å². The molecule has 1 heterocycles. The summed E-state index contributed by atoms with van der Waals surface area (Å²) >= 11 is 0. The molecule has 19 heavy (non-hydrogen) atoms. The minimum absolute atomic E-state index is 0. The number of benzene rings is 1. The molecule has 5 heteroatoms. The average Bonchev–Trinajstić information content (AvgIpc) is 2.32. The van der Waals surface area contributed by atoms with E-state index in [9.17, 15) is 4.79 Å². The summed E-state index contributed by atoms with van der Waals surface area (Å²) in [4.78, 5) is 13.3. The number of piperidine rings is 1.